The number of thioether (sulfide) groups is 1. The number of ether oxygens (including phenoxy) is 1. The van der Waals surface area contributed by atoms with Crippen LogP contribution in [0.4, 0.5) is 5.69 Å². The molecule has 0 radical (unpaired) electrons. The van der Waals surface area contributed by atoms with Crippen molar-refractivity contribution in [2.45, 2.75) is 19.4 Å². The number of hydrogen-bond donors (Lipinski definition) is 1. The molecule has 0 aromatic carbocycles. The molecular weight excluding hydrogens is 208 g/mol. The van der Waals surface area contributed by atoms with Gasteiger partial charge in [0, 0.05) is 17.9 Å². The quantitative estimate of drug-likeness (QED) is 0.854. The number of nitrogens with one attached hydrogen (secondary N) is 1. The predicted molar refractivity (Wildman–Crippen MR) is 64.9 cm³/mol. The van der Waals surface area contributed by atoms with Gasteiger partial charge in [0.1, 0.15) is 0 Å². The van der Waals surface area contributed by atoms with Crippen LogP contribution in [0.2, 0.25) is 0 Å². The Morgan fingerprint density at radius 3 is 3.00 bits per heavy atom. The van der Waals surface area contributed by atoms with Gasteiger partial charge in [-0.3, -0.25) is 0 Å². The van der Waals surface area contributed by atoms with Crippen molar-refractivity contribution < 1.29 is 4.74 Å². The molecule has 1 aliphatic rings. The maximum absolute atomic E-state index is 5.08. The number of hydrogen-bond acceptors (Lipinski definition) is 4. The first-order chi connectivity index (χ1) is 7.29. The summed E-state index contributed by atoms with van der Waals surface area (Å²) in [4.78, 5) is 4.34. The van der Waals surface area contributed by atoms with Gasteiger partial charge in [-0.2, -0.15) is 11.8 Å². The van der Waals surface area contributed by atoms with Crippen molar-refractivity contribution in [2.24, 2.45) is 0 Å². The molecule has 1 aliphatic heterocycles. The fourth-order valence-electron chi connectivity index (χ4n) is 1.67. The second-order valence-electron chi connectivity index (χ2n) is 3.69. The van der Waals surface area contributed by atoms with E-state index in [1.807, 2.05) is 30.8 Å². The van der Waals surface area contributed by atoms with E-state index in [-0.39, 0.29) is 0 Å². The minimum absolute atomic E-state index is 0.601. The maximum atomic E-state index is 5.08. The van der Waals surface area contributed by atoms with Crippen molar-refractivity contribution >= 4 is 17.4 Å². The fourth-order valence-corrected chi connectivity index (χ4v) is 2.82. The largest absolute Gasteiger partial charge is 0.481 e. The van der Waals surface area contributed by atoms with E-state index in [4.69, 9.17) is 4.74 Å². The van der Waals surface area contributed by atoms with Crippen molar-refractivity contribution in [1.82, 2.24) is 4.98 Å². The third kappa shape index (κ3) is 2.56. The average molecular weight is 224 g/mol. The summed E-state index contributed by atoms with van der Waals surface area (Å²) < 4.78 is 5.08. The van der Waals surface area contributed by atoms with Crippen LogP contribution in [0.3, 0.4) is 0 Å². The zero-order valence-electron chi connectivity index (χ0n) is 9.12. The Balaban J connectivity index is 2.07. The highest BCUT2D eigenvalue weighted by Crippen LogP contribution is 2.23. The summed E-state index contributed by atoms with van der Waals surface area (Å²) in [5.41, 5.74) is 2.13. The molecule has 82 valence electrons. The molecule has 0 saturated carbocycles. The van der Waals surface area contributed by atoms with Crippen LogP contribution in [-0.2, 0) is 0 Å². The lowest BCUT2D eigenvalue weighted by atomic mass is 10.2. The second kappa shape index (κ2) is 4.75. The average Bonchev–Trinajstić information content (AvgIpc) is 2.74. The molecule has 0 aliphatic carbocycles. The normalized spacial score (nSPS) is 20.3. The number of pyridine rings is 1. The van der Waals surface area contributed by atoms with Gasteiger partial charge in [-0.25, -0.2) is 4.98 Å². The lowest BCUT2D eigenvalue weighted by molar-refractivity contribution is 0.397. The SMILES string of the molecule is COc1ccc(NC2CCSC2)c(C)n1. The summed E-state index contributed by atoms with van der Waals surface area (Å²) in [5.74, 6) is 3.14. The van der Waals surface area contributed by atoms with Gasteiger partial charge in [0.2, 0.25) is 5.88 Å². The van der Waals surface area contributed by atoms with Gasteiger partial charge < -0.3 is 10.1 Å². The third-order valence-corrected chi connectivity index (χ3v) is 3.72. The van der Waals surface area contributed by atoms with Crippen molar-refractivity contribution in [3.63, 3.8) is 0 Å². The lowest BCUT2D eigenvalue weighted by Gasteiger charge is -2.14. The van der Waals surface area contributed by atoms with Gasteiger partial charge in [0.05, 0.1) is 18.5 Å². The van der Waals surface area contributed by atoms with E-state index < -0.39 is 0 Å². The van der Waals surface area contributed by atoms with Crippen LogP contribution in [0.5, 0.6) is 5.88 Å². The second-order valence-corrected chi connectivity index (χ2v) is 4.84. The van der Waals surface area contributed by atoms with E-state index in [0.717, 1.165) is 11.4 Å². The zero-order chi connectivity index (χ0) is 10.7. The molecule has 0 amide bonds. The van der Waals surface area contributed by atoms with Gasteiger partial charge in [0.25, 0.3) is 0 Å². The Kier molecular flexibility index (Phi) is 3.36. The standard InChI is InChI=1S/C11H16N2OS/c1-8-10(3-4-11(12-8)14-2)13-9-5-6-15-7-9/h3-4,9,13H,5-7H2,1-2H3. The van der Waals surface area contributed by atoms with Crippen LogP contribution in [0, 0.1) is 6.92 Å². The molecule has 2 heterocycles. The van der Waals surface area contributed by atoms with Crippen LogP contribution in [0.1, 0.15) is 12.1 Å². The Hall–Kier alpha value is -0.900. The molecule has 1 N–H and O–H groups in total. The number of methoxy groups -OCH3 is 1. The van der Waals surface area contributed by atoms with E-state index in [1.165, 1.54) is 17.9 Å². The van der Waals surface area contributed by atoms with Crippen molar-refractivity contribution in [3.05, 3.63) is 17.8 Å². The molecule has 3 nitrogen and oxygen atoms in total. The minimum Gasteiger partial charge on any atom is -0.481 e. The molecule has 1 atom stereocenters. The first-order valence-electron chi connectivity index (χ1n) is 5.15. The third-order valence-electron chi connectivity index (χ3n) is 2.56. The van der Waals surface area contributed by atoms with Gasteiger partial charge in [-0.05, 0) is 25.2 Å². The van der Waals surface area contributed by atoms with Crippen LogP contribution < -0.4 is 10.1 Å². The molecule has 1 saturated heterocycles. The molecular formula is C11H16N2OS. The summed E-state index contributed by atoms with van der Waals surface area (Å²) in [6, 6.07) is 4.55. The Morgan fingerprint density at radius 1 is 1.53 bits per heavy atom. The number of nitrogens with zero attached hydrogens (tertiary/aromatic N) is 1. The number of aryl methyl sites for hydroxylation is 1. The van der Waals surface area contributed by atoms with Gasteiger partial charge in [0.15, 0.2) is 0 Å². The van der Waals surface area contributed by atoms with E-state index >= 15 is 0 Å². The van der Waals surface area contributed by atoms with Crippen molar-refractivity contribution in [2.75, 3.05) is 23.9 Å². The summed E-state index contributed by atoms with van der Waals surface area (Å²) in [7, 11) is 1.64. The molecule has 1 unspecified atom stereocenters. The van der Waals surface area contributed by atoms with Crippen LogP contribution in [0.15, 0.2) is 12.1 Å². The molecule has 15 heavy (non-hydrogen) atoms. The fraction of sp³-hybridized carbons (Fsp3) is 0.545. The number of anilines is 1. The number of aromatic nitrogens is 1. The maximum Gasteiger partial charge on any atom is 0.213 e. The smallest absolute Gasteiger partial charge is 0.213 e. The highest BCUT2D eigenvalue weighted by Gasteiger charge is 2.15. The van der Waals surface area contributed by atoms with Crippen LogP contribution >= 0.6 is 11.8 Å². The summed E-state index contributed by atoms with van der Waals surface area (Å²) in [6.07, 6.45) is 1.25. The molecule has 0 spiro atoms. The summed E-state index contributed by atoms with van der Waals surface area (Å²) >= 11 is 2.01. The molecule has 1 aromatic heterocycles. The lowest BCUT2D eigenvalue weighted by Crippen LogP contribution is -2.18. The minimum atomic E-state index is 0.601. The van der Waals surface area contributed by atoms with Gasteiger partial charge in [-0.15, -0.1) is 0 Å². The summed E-state index contributed by atoms with van der Waals surface area (Å²) in [6.45, 7) is 2.01. The van der Waals surface area contributed by atoms with E-state index in [2.05, 4.69) is 10.3 Å². The van der Waals surface area contributed by atoms with E-state index in [9.17, 15) is 0 Å². The molecule has 4 heteroatoms. The topological polar surface area (TPSA) is 34.1 Å². The predicted octanol–water partition coefficient (Wildman–Crippen LogP) is 2.32. The van der Waals surface area contributed by atoms with E-state index in [1.54, 1.807) is 7.11 Å². The summed E-state index contributed by atoms with van der Waals surface area (Å²) in [5, 5.41) is 3.52. The highest BCUT2D eigenvalue weighted by molar-refractivity contribution is 7.99. The first kappa shape index (κ1) is 10.6. The zero-order valence-corrected chi connectivity index (χ0v) is 9.93. The van der Waals surface area contributed by atoms with Crippen LogP contribution in [0.25, 0.3) is 0 Å². The molecule has 1 fully saturated rings. The first-order valence-corrected chi connectivity index (χ1v) is 6.31. The highest BCUT2D eigenvalue weighted by atomic mass is 32.2. The number of rotatable bonds is 3. The molecule has 1 aromatic rings. The van der Waals surface area contributed by atoms with Crippen molar-refractivity contribution in [3.8, 4) is 5.88 Å². The van der Waals surface area contributed by atoms with E-state index in [0.29, 0.717) is 11.9 Å². The monoisotopic (exact) mass is 224 g/mol. The molecule has 2 rings (SSSR count). The molecule has 0 bridgehead atoms. The van der Waals surface area contributed by atoms with Crippen molar-refractivity contribution in [1.29, 1.82) is 0 Å². The van der Waals surface area contributed by atoms with Gasteiger partial charge in [-0.1, -0.05) is 0 Å². The van der Waals surface area contributed by atoms with Crippen LogP contribution in [-0.4, -0.2) is 29.6 Å². The van der Waals surface area contributed by atoms with Gasteiger partial charge >= 0.3 is 0 Å². The Morgan fingerprint density at radius 2 is 2.40 bits per heavy atom. The Bertz CT molecular complexity index is 337. The Labute approximate surface area is 94.6 Å².